The zero-order valence-electron chi connectivity index (χ0n) is 13.7. The molecule has 3 nitrogen and oxygen atoms in total. The van der Waals surface area contributed by atoms with Gasteiger partial charge in [0.15, 0.2) is 0 Å². The third kappa shape index (κ3) is 4.43. The van der Waals surface area contributed by atoms with Crippen LogP contribution in [0.1, 0.15) is 22.6 Å². The Labute approximate surface area is 153 Å². The van der Waals surface area contributed by atoms with Gasteiger partial charge in [0.25, 0.3) is 0 Å². The van der Waals surface area contributed by atoms with Gasteiger partial charge >= 0.3 is 0 Å². The van der Waals surface area contributed by atoms with E-state index in [4.69, 9.17) is 28.9 Å². The molecule has 0 aliphatic carbocycles. The number of nitrogens with zero attached hydrogens (tertiary/aromatic N) is 1. The molecular weight excluding hydrogens is 343 g/mol. The van der Waals surface area contributed by atoms with E-state index in [2.05, 4.69) is 4.90 Å². The van der Waals surface area contributed by atoms with Crippen molar-refractivity contribution in [2.24, 2.45) is 5.73 Å². The van der Waals surface area contributed by atoms with Crippen molar-refractivity contribution in [3.63, 3.8) is 0 Å². The number of amides is 1. The molecule has 1 atom stereocenters. The summed E-state index contributed by atoms with van der Waals surface area (Å²) in [6.07, 6.45) is 0. The summed E-state index contributed by atoms with van der Waals surface area (Å²) >= 11 is 11.8. The quantitative estimate of drug-likeness (QED) is 0.722. The van der Waals surface area contributed by atoms with Crippen LogP contribution in [-0.4, -0.2) is 30.8 Å². The number of nitrogens with two attached hydrogens (primary N) is 1. The van der Waals surface area contributed by atoms with Gasteiger partial charge in [0.05, 0.1) is 5.92 Å². The van der Waals surface area contributed by atoms with E-state index in [1.807, 2.05) is 55.5 Å². The molecule has 2 aromatic carbocycles. The van der Waals surface area contributed by atoms with E-state index >= 15 is 0 Å². The first-order valence-corrected chi connectivity index (χ1v) is 8.97. The van der Waals surface area contributed by atoms with E-state index in [0.717, 1.165) is 35.5 Å². The monoisotopic (exact) mass is 364 g/mol. The molecule has 0 radical (unpaired) electrons. The standard InChI is InChI=1S/C19H22Cl2N2O/c1-14-13-16(7-8-17(14)23(11-9-20)12-10-21)18(19(22)24)15-5-3-2-4-6-15/h2-8,13,18H,9-12H2,1H3,(H2,22,24). The van der Waals surface area contributed by atoms with Gasteiger partial charge in [-0.1, -0.05) is 42.5 Å². The second-order valence-corrected chi connectivity index (χ2v) is 6.41. The fourth-order valence-electron chi connectivity index (χ4n) is 2.94. The fraction of sp³-hybridized carbons (Fsp3) is 0.316. The average molecular weight is 365 g/mol. The lowest BCUT2D eigenvalue weighted by molar-refractivity contribution is -0.118. The predicted molar refractivity (Wildman–Crippen MR) is 102 cm³/mol. The van der Waals surface area contributed by atoms with Gasteiger partial charge in [0, 0.05) is 30.5 Å². The van der Waals surface area contributed by atoms with Crippen molar-refractivity contribution in [2.45, 2.75) is 12.8 Å². The lowest BCUT2D eigenvalue weighted by Gasteiger charge is -2.26. The maximum absolute atomic E-state index is 12.0. The molecule has 0 aliphatic rings. The number of carbonyl (C=O) groups excluding carboxylic acids is 1. The van der Waals surface area contributed by atoms with Crippen molar-refractivity contribution in [1.82, 2.24) is 0 Å². The Hall–Kier alpha value is -1.71. The SMILES string of the molecule is Cc1cc(C(C(N)=O)c2ccccc2)ccc1N(CCCl)CCCl. The number of aryl methyl sites for hydroxylation is 1. The number of rotatable bonds is 8. The molecule has 1 amide bonds. The van der Waals surface area contributed by atoms with E-state index in [9.17, 15) is 4.79 Å². The van der Waals surface area contributed by atoms with Gasteiger partial charge in [0.1, 0.15) is 0 Å². The van der Waals surface area contributed by atoms with Crippen molar-refractivity contribution >= 4 is 34.8 Å². The maximum atomic E-state index is 12.0. The number of alkyl halides is 2. The number of anilines is 1. The largest absolute Gasteiger partial charge is 0.369 e. The lowest BCUT2D eigenvalue weighted by atomic mass is 9.89. The summed E-state index contributed by atoms with van der Waals surface area (Å²) in [5, 5.41) is 0. The molecule has 0 spiro atoms. The van der Waals surface area contributed by atoms with Crippen LogP contribution < -0.4 is 10.6 Å². The first-order valence-electron chi connectivity index (χ1n) is 7.90. The fourth-order valence-corrected chi connectivity index (χ4v) is 3.34. The van der Waals surface area contributed by atoms with Crippen LogP contribution in [0.5, 0.6) is 0 Å². The topological polar surface area (TPSA) is 46.3 Å². The van der Waals surface area contributed by atoms with Gasteiger partial charge in [0.2, 0.25) is 5.91 Å². The van der Waals surface area contributed by atoms with E-state index in [1.54, 1.807) is 0 Å². The highest BCUT2D eigenvalue weighted by molar-refractivity contribution is 6.18. The van der Waals surface area contributed by atoms with Crippen molar-refractivity contribution < 1.29 is 4.79 Å². The zero-order chi connectivity index (χ0) is 17.5. The number of benzene rings is 2. The summed E-state index contributed by atoms with van der Waals surface area (Å²) in [5.74, 6) is 0.262. The Morgan fingerprint density at radius 3 is 2.17 bits per heavy atom. The zero-order valence-corrected chi connectivity index (χ0v) is 15.2. The molecule has 0 saturated carbocycles. The summed E-state index contributed by atoms with van der Waals surface area (Å²) in [4.78, 5) is 14.2. The lowest BCUT2D eigenvalue weighted by Crippen LogP contribution is -2.28. The Kier molecular flexibility index (Phi) is 6.95. The molecule has 2 rings (SSSR count). The van der Waals surface area contributed by atoms with Crippen molar-refractivity contribution in [3.05, 3.63) is 65.2 Å². The van der Waals surface area contributed by atoms with Crippen LogP contribution in [0, 0.1) is 6.92 Å². The second kappa shape index (κ2) is 8.95. The summed E-state index contributed by atoms with van der Waals surface area (Å²) in [7, 11) is 0. The maximum Gasteiger partial charge on any atom is 0.229 e. The highest BCUT2D eigenvalue weighted by Crippen LogP contribution is 2.29. The average Bonchev–Trinajstić information content (AvgIpc) is 2.56. The molecule has 0 aromatic heterocycles. The molecule has 0 bridgehead atoms. The minimum atomic E-state index is -0.451. The molecule has 0 saturated heterocycles. The third-order valence-corrected chi connectivity index (χ3v) is 4.36. The number of hydrogen-bond donors (Lipinski definition) is 1. The van der Waals surface area contributed by atoms with E-state index in [0.29, 0.717) is 11.8 Å². The summed E-state index contributed by atoms with van der Waals surface area (Å²) in [6.45, 7) is 3.48. The first kappa shape index (κ1) is 18.6. The van der Waals surface area contributed by atoms with Gasteiger partial charge in [-0.25, -0.2) is 0 Å². The molecule has 2 N–H and O–H groups in total. The van der Waals surface area contributed by atoms with E-state index in [-0.39, 0.29) is 5.91 Å². The van der Waals surface area contributed by atoms with Crippen LogP contribution in [0.3, 0.4) is 0 Å². The second-order valence-electron chi connectivity index (χ2n) is 5.66. The molecule has 0 heterocycles. The molecule has 5 heteroatoms. The van der Waals surface area contributed by atoms with Gasteiger partial charge < -0.3 is 10.6 Å². The first-order chi connectivity index (χ1) is 11.6. The summed E-state index contributed by atoms with van der Waals surface area (Å²) in [5.41, 5.74) is 9.61. The van der Waals surface area contributed by atoms with Crippen LogP contribution in [0.2, 0.25) is 0 Å². The molecule has 128 valence electrons. The minimum absolute atomic E-state index is 0.355. The Bertz CT molecular complexity index is 670. The van der Waals surface area contributed by atoms with E-state index < -0.39 is 5.92 Å². The van der Waals surface area contributed by atoms with Gasteiger partial charge in [-0.05, 0) is 29.7 Å². The van der Waals surface area contributed by atoms with Gasteiger partial charge in [-0.2, -0.15) is 0 Å². The predicted octanol–water partition coefficient (Wildman–Crippen LogP) is 3.90. The molecule has 1 unspecified atom stereocenters. The number of hydrogen-bond acceptors (Lipinski definition) is 2. The van der Waals surface area contributed by atoms with Gasteiger partial charge in [-0.15, -0.1) is 23.2 Å². The Morgan fingerprint density at radius 2 is 1.67 bits per heavy atom. The molecule has 0 aliphatic heterocycles. The van der Waals surface area contributed by atoms with Crippen molar-refractivity contribution in [2.75, 3.05) is 29.7 Å². The number of halogens is 2. The van der Waals surface area contributed by atoms with Crippen molar-refractivity contribution in [3.8, 4) is 0 Å². The molecule has 2 aromatic rings. The molecule has 24 heavy (non-hydrogen) atoms. The van der Waals surface area contributed by atoms with Crippen molar-refractivity contribution in [1.29, 1.82) is 0 Å². The smallest absolute Gasteiger partial charge is 0.229 e. The van der Waals surface area contributed by atoms with Crippen LogP contribution in [0.15, 0.2) is 48.5 Å². The number of primary amides is 1. The third-order valence-electron chi connectivity index (χ3n) is 4.02. The van der Waals surface area contributed by atoms with Crippen LogP contribution in [-0.2, 0) is 4.79 Å². The van der Waals surface area contributed by atoms with Crippen LogP contribution >= 0.6 is 23.2 Å². The minimum Gasteiger partial charge on any atom is -0.369 e. The van der Waals surface area contributed by atoms with Crippen LogP contribution in [0.25, 0.3) is 0 Å². The normalized spacial score (nSPS) is 12.0. The highest BCUT2D eigenvalue weighted by Gasteiger charge is 2.21. The molecule has 0 fully saturated rings. The van der Waals surface area contributed by atoms with Gasteiger partial charge in [-0.3, -0.25) is 4.79 Å². The Morgan fingerprint density at radius 1 is 1.04 bits per heavy atom. The summed E-state index contributed by atoms with van der Waals surface area (Å²) < 4.78 is 0. The summed E-state index contributed by atoms with van der Waals surface area (Å²) in [6, 6.07) is 15.6. The van der Waals surface area contributed by atoms with Crippen LogP contribution in [0.4, 0.5) is 5.69 Å². The van der Waals surface area contributed by atoms with E-state index in [1.165, 1.54) is 0 Å². The molecular formula is C19H22Cl2N2O. The highest BCUT2D eigenvalue weighted by atomic mass is 35.5. The number of carbonyl (C=O) groups is 1. The Balaban J connectivity index is 2.38.